The van der Waals surface area contributed by atoms with Gasteiger partial charge >= 0.3 is 0 Å². The molecular formula is C15H26N2. The van der Waals surface area contributed by atoms with Crippen LogP contribution in [0.1, 0.15) is 33.3 Å². The number of nitrogens with zero attached hydrogens (tertiary/aromatic N) is 1. The third kappa shape index (κ3) is 4.88. The number of hydrogen-bond donors (Lipinski definition) is 1. The zero-order chi connectivity index (χ0) is 12.9. The van der Waals surface area contributed by atoms with Crippen LogP contribution in [0.4, 0.5) is 0 Å². The molecule has 0 spiro atoms. The van der Waals surface area contributed by atoms with E-state index >= 15 is 0 Å². The van der Waals surface area contributed by atoms with Crippen LogP contribution in [0.5, 0.6) is 0 Å². The van der Waals surface area contributed by atoms with Gasteiger partial charge in [0.25, 0.3) is 0 Å². The molecule has 0 saturated carbocycles. The SMILES string of the molecule is CNC(C)(C)CN(Cc1ccccc1)C(C)C. The topological polar surface area (TPSA) is 15.3 Å². The molecule has 1 rings (SSSR count). The Labute approximate surface area is 106 Å². The van der Waals surface area contributed by atoms with Crippen molar-refractivity contribution in [2.75, 3.05) is 13.6 Å². The highest BCUT2D eigenvalue weighted by molar-refractivity contribution is 5.14. The maximum atomic E-state index is 3.37. The summed E-state index contributed by atoms with van der Waals surface area (Å²) < 4.78 is 0. The number of rotatable bonds is 6. The Hall–Kier alpha value is -0.860. The zero-order valence-electron chi connectivity index (χ0n) is 11.8. The van der Waals surface area contributed by atoms with Crippen molar-refractivity contribution in [3.63, 3.8) is 0 Å². The fraction of sp³-hybridized carbons (Fsp3) is 0.600. The minimum atomic E-state index is 0.152. The van der Waals surface area contributed by atoms with Gasteiger partial charge in [-0.1, -0.05) is 30.3 Å². The summed E-state index contributed by atoms with van der Waals surface area (Å²) in [7, 11) is 2.03. The first-order valence-corrected chi connectivity index (χ1v) is 6.41. The Bertz CT molecular complexity index is 317. The highest BCUT2D eigenvalue weighted by Gasteiger charge is 2.21. The van der Waals surface area contributed by atoms with E-state index in [0.29, 0.717) is 6.04 Å². The van der Waals surface area contributed by atoms with Crippen molar-refractivity contribution in [3.8, 4) is 0 Å². The molecular weight excluding hydrogens is 208 g/mol. The second-order valence-electron chi connectivity index (χ2n) is 5.62. The number of nitrogens with one attached hydrogen (secondary N) is 1. The van der Waals surface area contributed by atoms with Gasteiger partial charge in [0.1, 0.15) is 0 Å². The van der Waals surface area contributed by atoms with Crippen LogP contribution in [0.25, 0.3) is 0 Å². The molecule has 0 atom stereocenters. The van der Waals surface area contributed by atoms with Gasteiger partial charge < -0.3 is 5.32 Å². The van der Waals surface area contributed by atoms with Crippen LogP contribution in [-0.4, -0.2) is 30.1 Å². The summed E-state index contributed by atoms with van der Waals surface area (Å²) in [5, 5.41) is 3.37. The smallest absolute Gasteiger partial charge is 0.0249 e. The molecule has 17 heavy (non-hydrogen) atoms. The predicted octanol–water partition coefficient (Wildman–Crippen LogP) is 2.90. The number of benzene rings is 1. The number of likely N-dealkylation sites (N-methyl/N-ethyl adjacent to an activating group) is 1. The lowest BCUT2D eigenvalue weighted by atomic mass is 10.0. The summed E-state index contributed by atoms with van der Waals surface area (Å²) in [5.74, 6) is 0. The minimum Gasteiger partial charge on any atom is -0.314 e. The second-order valence-corrected chi connectivity index (χ2v) is 5.62. The molecule has 0 bridgehead atoms. The highest BCUT2D eigenvalue weighted by Crippen LogP contribution is 2.12. The van der Waals surface area contributed by atoms with Crippen LogP contribution in [0.3, 0.4) is 0 Å². The van der Waals surface area contributed by atoms with Crippen LogP contribution < -0.4 is 5.32 Å². The average molecular weight is 234 g/mol. The van der Waals surface area contributed by atoms with Crippen molar-refractivity contribution >= 4 is 0 Å². The number of hydrogen-bond acceptors (Lipinski definition) is 2. The van der Waals surface area contributed by atoms with E-state index in [9.17, 15) is 0 Å². The molecule has 0 aliphatic heterocycles. The van der Waals surface area contributed by atoms with Crippen molar-refractivity contribution in [1.29, 1.82) is 0 Å². The van der Waals surface area contributed by atoms with Crippen LogP contribution in [0.15, 0.2) is 30.3 Å². The van der Waals surface area contributed by atoms with Gasteiger partial charge in [-0.15, -0.1) is 0 Å². The van der Waals surface area contributed by atoms with Gasteiger partial charge in [0.05, 0.1) is 0 Å². The van der Waals surface area contributed by atoms with Gasteiger partial charge in [-0.25, -0.2) is 0 Å². The van der Waals surface area contributed by atoms with Crippen LogP contribution in [0.2, 0.25) is 0 Å². The van der Waals surface area contributed by atoms with E-state index in [-0.39, 0.29) is 5.54 Å². The first-order chi connectivity index (χ1) is 7.94. The van der Waals surface area contributed by atoms with E-state index in [1.807, 2.05) is 7.05 Å². The molecule has 1 N–H and O–H groups in total. The second kappa shape index (κ2) is 6.18. The van der Waals surface area contributed by atoms with Crippen molar-refractivity contribution < 1.29 is 0 Å². The fourth-order valence-electron chi connectivity index (χ4n) is 1.83. The Balaban J connectivity index is 2.68. The van der Waals surface area contributed by atoms with E-state index in [2.05, 4.69) is 68.2 Å². The molecule has 0 amide bonds. The van der Waals surface area contributed by atoms with Gasteiger partial charge in [-0.3, -0.25) is 4.90 Å². The molecule has 0 saturated heterocycles. The third-order valence-corrected chi connectivity index (χ3v) is 3.23. The molecule has 0 fully saturated rings. The average Bonchev–Trinajstić information content (AvgIpc) is 2.29. The Morgan fingerprint density at radius 2 is 1.76 bits per heavy atom. The Kier molecular flexibility index (Phi) is 5.16. The van der Waals surface area contributed by atoms with Crippen molar-refractivity contribution in [2.24, 2.45) is 0 Å². The highest BCUT2D eigenvalue weighted by atomic mass is 15.2. The van der Waals surface area contributed by atoms with E-state index < -0.39 is 0 Å². The maximum Gasteiger partial charge on any atom is 0.0249 e. The molecule has 2 nitrogen and oxygen atoms in total. The van der Waals surface area contributed by atoms with E-state index in [1.165, 1.54) is 5.56 Å². The molecule has 0 aliphatic carbocycles. The van der Waals surface area contributed by atoms with E-state index in [1.54, 1.807) is 0 Å². The molecule has 0 heterocycles. The lowest BCUT2D eigenvalue weighted by Gasteiger charge is -2.35. The normalized spacial score (nSPS) is 12.4. The van der Waals surface area contributed by atoms with Crippen LogP contribution in [-0.2, 0) is 6.54 Å². The molecule has 0 radical (unpaired) electrons. The molecule has 0 aromatic heterocycles. The summed E-state index contributed by atoms with van der Waals surface area (Å²) in [6, 6.07) is 11.2. The fourth-order valence-corrected chi connectivity index (χ4v) is 1.83. The first kappa shape index (κ1) is 14.2. The lowest BCUT2D eigenvalue weighted by Crippen LogP contribution is -2.49. The van der Waals surface area contributed by atoms with E-state index in [4.69, 9.17) is 0 Å². The quantitative estimate of drug-likeness (QED) is 0.814. The standard InChI is InChI=1S/C15H26N2/c1-13(2)17(12-15(3,4)16-5)11-14-9-7-6-8-10-14/h6-10,13,16H,11-12H2,1-5H3. The van der Waals surface area contributed by atoms with Crippen molar-refractivity contribution in [2.45, 2.75) is 45.8 Å². The van der Waals surface area contributed by atoms with Crippen molar-refractivity contribution in [3.05, 3.63) is 35.9 Å². The molecule has 96 valence electrons. The molecule has 2 heteroatoms. The predicted molar refractivity (Wildman–Crippen MR) is 75.1 cm³/mol. The van der Waals surface area contributed by atoms with Gasteiger partial charge in [-0.05, 0) is 40.3 Å². The van der Waals surface area contributed by atoms with Gasteiger partial charge in [0.2, 0.25) is 0 Å². The van der Waals surface area contributed by atoms with Crippen molar-refractivity contribution in [1.82, 2.24) is 10.2 Å². The summed E-state index contributed by atoms with van der Waals surface area (Å²) >= 11 is 0. The first-order valence-electron chi connectivity index (χ1n) is 6.41. The van der Waals surface area contributed by atoms with Gasteiger partial charge in [0, 0.05) is 24.7 Å². The molecule has 0 unspecified atom stereocenters. The summed E-state index contributed by atoms with van der Waals surface area (Å²) in [5.41, 5.74) is 1.53. The van der Waals surface area contributed by atoms with Gasteiger partial charge in [-0.2, -0.15) is 0 Å². The molecule has 1 aromatic carbocycles. The zero-order valence-corrected chi connectivity index (χ0v) is 11.8. The maximum absolute atomic E-state index is 3.37. The lowest BCUT2D eigenvalue weighted by molar-refractivity contribution is 0.161. The van der Waals surface area contributed by atoms with Gasteiger partial charge in [0.15, 0.2) is 0 Å². The van der Waals surface area contributed by atoms with Crippen LogP contribution in [0, 0.1) is 0 Å². The van der Waals surface area contributed by atoms with Crippen LogP contribution >= 0.6 is 0 Å². The summed E-state index contributed by atoms with van der Waals surface area (Å²) in [4.78, 5) is 2.51. The monoisotopic (exact) mass is 234 g/mol. The molecule has 1 aromatic rings. The Morgan fingerprint density at radius 3 is 2.24 bits per heavy atom. The summed E-state index contributed by atoms with van der Waals surface area (Å²) in [6.07, 6.45) is 0. The third-order valence-electron chi connectivity index (χ3n) is 3.23. The summed E-state index contributed by atoms with van der Waals surface area (Å²) in [6.45, 7) is 11.1. The largest absolute Gasteiger partial charge is 0.314 e. The Morgan fingerprint density at radius 1 is 1.18 bits per heavy atom. The minimum absolute atomic E-state index is 0.152. The van der Waals surface area contributed by atoms with E-state index in [0.717, 1.165) is 13.1 Å². The molecule has 0 aliphatic rings.